The van der Waals surface area contributed by atoms with Crippen molar-refractivity contribution in [2.45, 2.75) is 19.0 Å². The number of hydrogen-bond acceptors (Lipinski definition) is 5. The Hall–Kier alpha value is -2.31. The minimum atomic E-state index is -0.349. The Morgan fingerprint density at radius 3 is 2.81 bits per heavy atom. The lowest BCUT2D eigenvalue weighted by atomic mass is 10.1. The molecule has 146 valence electrons. The Morgan fingerprint density at radius 2 is 2.07 bits per heavy atom. The summed E-state index contributed by atoms with van der Waals surface area (Å²) in [6, 6.07) is 13.4. The van der Waals surface area contributed by atoms with Gasteiger partial charge in [0.1, 0.15) is 5.75 Å². The Labute approximate surface area is 160 Å². The molecule has 0 amide bonds. The highest BCUT2D eigenvalue weighted by Gasteiger charge is 2.24. The molecule has 2 aromatic rings. The molecular weight excluding hydrogens is 347 g/mol. The summed E-state index contributed by atoms with van der Waals surface area (Å²) in [5.74, 6) is 0.753. The van der Waals surface area contributed by atoms with Gasteiger partial charge in [-0.3, -0.25) is 0 Å². The van der Waals surface area contributed by atoms with Gasteiger partial charge in [-0.15, -0.1) is 0 Å². The Bertz CT molecular complexity index is 756. The van der Waals surface area contributed by atoms with Crippen molar-refractivity contribution in [3.05, 3.63) is 53.8 Å². The molecule has 1 heterocycles. The summed E-state index contributed by atoms with van der Waals surface area (Å²) < 4.78 is 30.1. The number of methoxy groups -OCH3 is 2. The first kappa shape index (κ1) is 19.5. The average Bonchev–Trinajstić information content (AvgIpc) is 2.72. The number of morpholine rings is 1. The molecule has 3 rings (SSSR count). The zero-order valence-corrected chi connectivity index (χ0v) is 16.1. The number of halogens is 1. The fraction of sp³-hybridized carbons (Fsp3) is 0.429. The van der Waals surface area contributed by atoms with Crippen LogP contribution in [0.25, 0.3) is 0 Å². The Kier molecular flexibility index (Phi) is 6.53. The molecule has 0 saturated carbocycles. The third-order valence-corrected chi connectivity index (χ3v) is 4.95. The molecule has 0 spiro atoms. The average molecular weight is 374 g/mol. The van der Waals surface area contributed by atoms with Gasteiger partial charge in [-0.05, 0) is 36.8 Å². The van der Waals surface area contributed by atoms with Crippen LogP contribution in [0.1, 0.15) is 18.5 Å². The molecule has 2 aromatic carbocycles. The van der Waals surface area contributed by atoms with Gasteiger partial charge in [0.2, 0.25) is 0 Å². The highest BCUT2D eigenvalue weighted by atomic mass is 19.1. The molecule has 1 fully saturated rings. The van der Waals surface area contributed by atoms with Crippen LogP contribution in [0.5, 0.6) is 11.5 Å². The number of anilines is 1. The van der Waals surface area contributed by atoms with E-state index in [0.29, 0.717) is 13.2 Å². The van der Waals surface area contributed by atoms with E-state index < -0.39 is 0 Å². The molecule has 1 aliphatic rings. The van der Waals surface area contributed by atoms with Crippen LogP contribution >= 0.6 is 0 Å². The van der Waals surface area contributed by atoms with Gasteiger partial charge in [-0.1, -0.05) is 12.1 Å². The first-order valence-electron chi connectivity index (χ1n) is 9.17. The molecular formula is C21H27FN2O3. The normalized spacial score (nSPS) is 18.2. The van der Waals surface area contributed by atoms with Crippen LogP contribution in [-0.4, -0.2) is 46.6 Å². The van der Waals surface area contributed by atoms with Crippen molar-refractivity contribution in [1.29, 1.82) is 0 Å². The molecule has 1 aliphatic heterocycles. The van der Waals surface area contributed by atoms with Gasteiger partial charge >= 0.3 is 0 Å². The molecule has 2 atom stereocenters. The van der Waals surface area contributed by atoms with E-state index in [4.69, 9.17) is 14.2 Å². The van der Waals surface area contributed by atoms with Crippen LogP contribution in [0.15, 0.2) is 42.5 Å². The molecule has 27 heavy (non-hydrogen) atoms. The standard InChI is InChI=1S/C21H27FN2O3/c1-15(16-5-4-6-19(11-16)25-2)23-13-18-14-27-10-9-24(18)17-7-8-21(26-3)20(22)12-17/h4-8,11-12,15,18,23H,9-10,13-14H2,1-3H3. The molecule has 1 saturated heterocycles. The molecule has 0 aromatic heterocycles. The van der Waals surface area contributed by atoms with Crippen LogP contribution in [0.3, 0.4) is 0 Å². The second-order valence-electron chi connectivity index (χ2n) is 6.65. The largest absolute Gasteiger partial charge is 0.497 e. The zero-order valence-electron chi connectivity index (χ0n) is 16.1. The monoisotopic (exact) mass is 374 g/mol. The van der Waals surface area contributed by atoms with Gasteiger partial charge in [0, 0.05) is 30.9 Å². The van der Waals surface area contributed by atoms with Crippen molar-refractivity contribution >= 4 is 5.69 Å². The fourth-order valence-electron chi connectivity index (χ4n) is 3.34. The van der Waals surface area contributed by atoms with Gasteiger partial charge in [0.05, 0.1) is 33.5 Å². The minimum absolute atomic E-state index is 0.125. The fourth-order valence-corrected chi connectivity index (χ4v) is 3.34. The van der Waals surface area contributed by atoms with Crippen molar-refractivity contribution < 1.29 is 18.6 Å². The number of nitrogens with zero attached hydrogens (tertiary/aromatic N) is 1. The van der Waals surface area contributed by atoms with E-state index >= 15 is 0 Å². The van der Waals surface area contributed by atoms with Crippen molar-refractivity contribution in [3.8, 4) is 11.5 Å². The molecule has 0 bridgehead atoms. The second-order valence-corrected chi connectivity index (χ2v) is 6.65. The van der Waals surface area contributed by atoms with Crippen molar-refractivity contribution in [1.82, 2.24) is 5.32 Å². The van der Waals surface area contributed by atoms with Crippen LogP contribution in [0.4, 0.5) is 10.1 Å². The van der Waals surface area contributed by atoms with E-state index in [0.717, 1.165) is 30.1 Å². The summed E-state index contributed by atoms with van der Waals surface area (Å²) in [4.78, 5) is 2.19. The summed E-state index contributed by atoms with van der Waals surface area (Å²) in [5.41, 5.74) is 2.01. The third-order valence-electron chi connectivity index (χ3n) is 4.95. The summed E-state index contributed by atoms with van der Waals surface area (Å²) in [5, 5.41) is 3.56. The molecule has 1 N–H and O–H groups in total. The zero-order chi connectivity index (χ0) is 19.2. The van der Waals surface area contributed by atoms with Crippen LogP contribution in [0, 0.1) is 5.82 Å². The van der Waals surface area contributed by atoms with E-state index in [1.807, 2.05) is 24.3 Å². The van der Waals surface area contributed by atoms with Crippen LogP contribution in [-0.2, 0) is 4.74 Å². The predicted molar refractivity (Wildman–Crippen MR) is 104 cm³/mol. The van der Waals surface area contributed by atoms with E-state index in [1.54, 1.807) is 13.2 Å². The van der Waals surface area contributed by atoms with E-state index in [-0.39, 0.29) is 23.7 Å². The Balaban J connectivity index is 1.67. The number of hydrogen-bond donors (Lipinski definition) is 1. The number of benzene rings is 2. The topological polar surface area (TPSA) is 43.0 Å². The number of rotatable bonds is 7. The van der Waals surface area contributed by atoms with Crippen molar-refractivity contribution in [2.75, 3.05) is 45.4 Å². The van der Waals surface area contributed by atoms with E-state index in [2.05, 4.69) is 23.2 Å². The van der Waals surface area contributed by atoms with Gasteiger partial charge < -0.3 is 24.4 Å². The van der Waals surface area contributed by atoms with E-state index in [9.17, 15) is 4.39 Å². The number of nitrogens with one attached hydrogen (secondary N) is 1. The summed E-state index contributed by atoms with van der Waals surface area (Å²) >= 11 is 0. The van der Waals surface area contributed by atoms with Crippen molar-refractivity contribution in [3.63, 3.8) is 0 Å². The molecule has 0 aliphatic carbocycles. The summed E-state index contributed by atoms with van der Waals surface area (Å²) in [6.45, 7) is 4.81. The molecule has 6 heteroatoms. The third kappa shape index (κ3) is 4.70. The smallest absolute Gasteiger partial charge is 0.167 e. The van der Waals surface area contributed by atoms with E-state index in [1.165, 1.54) is 13.2 Å². The lowest BCUT2D eigenvalue weighted by molar-refractivity contribution is 0.0930. The highest BCUT2D eigenvalue weighted by molar-refractivity contribution is 5.51. The summed E-state index contributed by atoms with van der Waals surface area (Å²) in [6.07, 6.45) is 0. The number of ether oxygens (including phenoxy) is 3. The van der Waals surface area contributed by atoms with Crippen molar-refractivity contribution in [2.24, 2.45) is 0 Å². The Morgan fingerprint density at radius 1 is 1.22 bits per heavy atom. The van der Waals surface area contributed by atoms with Crippen LogP contribution in [0.2, 0.25) is 0 Å². The second kappa shape index (κ2) is 9.06. The summed E-state index contributed by atoms with van der Waals surface area (Å²) in [7, 11) is 3.14. The quantitative estimate of drug-likeness (QED) is 0.805. The lowest BCUT2D eigenvalue weighted by Gasteiger charge is -2.38. The van der Waals surface area contributed by atoms with Gasteiger partial charge in [0.25, 0.3) is 0 Å². The van der Waals surface area contributed by atoms with Gasteiger partial charge in [-0.25, -0.2) is 4.39 Å². The molecule has 0 radical (unpaired) electrons. The molecule has 5 nitrogen and oxygen atoms in total. The maximum absolute atomic E-state index is 14.1. The highest BCUT2D eigenvalue weighted by Crippen LogP contribution is 2.26. The first-order valence-corrected chi connectivity index (χ1v) is 9.17. The minimum Gasteiger partial charge on any atom is -0.497 e. The first-order chi connectivity index (χ1) is 13.1. The van der Waals surface area contributed by atoms with Crippen LogP contribution < -0.4 is 19.7 Å². The molecule has 2 unspecified atom stereocenters. The SMILES string of the molecule is COc1cccc(C(C)NCC2COCCN2c2ccc(OC)c(F)c2)c1. The lowest BCUT2D eigenvalue weighted by Crippen LogP contribution is -2.51. The van der Waals surface area contributed by atoms with Gasteiger partial charge in [-0.2, -0.15) is 0 Å². The predicted octanol–water partition coefficient (Wildman–Crippen LogP) is 3.40. The maximum Gasteiger partial charge on any atom is 0.167 e. The maximum atomic E-state index is 14.1. The van der Waals surface area contributed by atoms with Gasteiger partial charge in [0.15, 0.2) is 11.6 Å².